The van der Waals surface area contributed by atoms with Gasteiger partial charge in [0.05, 0.1) is 6.10 Å². The molecule has 0 spiro atoms. The number of hydrogen-bond acceptors (Lipinski definition) is 1. The van der Waals surface area contributed by atoms with Gasteiger partial charge in [0, 0.05) is 0 Å². The molecule has 4 heteroatoms. The van der Waals surface area contributed by atoms with Crippen LogP contribution >= 0.6 is 43.5 Å². The number of benzene rings is 1. The molecule has 0 radical (unpaired) electrons. The number of halogens is 3. The molecule has 0 amide bonds. The average molecular weight is 342 g/mol. The summed E-state index contributed by atoms with van der Waals surface area (Å²) in [5.41, 5.74) is 0.940. The van der Waals surface area contributed by atoms with Gasteiger partial charge in [-0.25, -0.2) is 0 Å². The molecule has 0 aliphatic carbocycles. The van der Waals surface area contributed by atoms with Crippen LogP contribution in [0.5, 0.6) is 5.75 Å². The van der Waals surface area contributed by atoms with Crippen LogP contribution in [0.1, 0.15) is 19.4 Å². The molecule has 1 aromatic carbocycles. The number of hydrogen-bond donors (Lipinski definition) is 0. The van der Waals surface area contributed by atoms with Crippen LogP contribution < -0.4 is 4.74 Å². The van der Waals surface area contributed by atoms with Gasteiger partial charge in [-0.15, -0.1) is 0 Å². The second-order valence-electron chi connectivity index (χ2n) is 3.19. The van der Waals surface area contributed by atoms with E-state index in [1.165, 1.54) is 0 Å². The Hall–Kier alpha value is 0.270. The van der Waals surface area contributed by atoms with Crippen LogP contribution in [-0.2, 0) is 2.69 Å². The highest BCUT2D eigenvalue weighted by molar-refractivity contribution is 9.25. The van der Waals surface area contributed by atoms with Crippen molar-refractivity contribution in [1.29, 1.82) is 0 Å². The van der Waals surface area contributed by atoms with Crippen molar-refractivity contribution in [2.75, 3.05) is 0 Å². The Morgan fingerprint density at radius 1 is 1.21 bits per heavy atom. The van der Waals surface area contributed by atoms with Gasteiger partial charge in [0.2, 0.25) is 0 Å². The van der Waals surface area contributed by atoms with Crippen molar-refractivity contribution in [3.05, 3.63) is 29.8 Å². The minimum absolute atomic E-state index is 0.189. The summed E-state index contributed by atoms with van der Waals surface area (Å²) < 4.78 is 4.82. The van der Waals surface area contributed by atoms with Gasteiger partial charge in [0.1, 0.15) is 5.75 Å². The smallest absolute Gasteiger partial charge is 0.178 e. The zero-order chi connectivity index (χ0) is 10.8. The van der Waals surface area contributed by atoms with Crippen molar-refractivity contribution >= 4 is 43.5 Å². The van der Waals surface area contributed by atoms with Crippen LogP contribution in [0, 0.1) is 0 Å². The Kier molecular flexibility index (Phi) is 4.29. The van der Waals surface area contributed by atoms with Gasteiger partial charge < -0.3 is 4.74 Å². The maximum atomic E-state index is 6.01. The van der Waals surface area contributed by atoms with Crippen LogP contribution in [0.2, 0.25) is 0 Å². The number of alkyl halides is 3. The Labute approximate surface area is 106 Å². The first-order chi connectivity index (χ1) is 6.39. The first-order valence-electron chi connectivity index (χ1n) is 4.23. The lowest BCUT2D eigenvalue weighted by molar-refractivity contribution is 0.242. The van der Waals surface area contributed by atoms with Gasteiger partial charge in [0.15, 0.2) is 2.69 Å². The van der Waals surface area contributed by atoms with E-state index in [1.807, 2.05) is 38.1 Å². The molecule has 0 fully saturated rings. The van der Waals surface area contributed by atoms with Crippen LogP contribution in [-0.4, -0.2) is 6.10 Å². The Bertz CT molecular complexity index is 290. The van der Waals surface area contributed by atoms with Crippen LogP contribution in [0.4, 0.5) is 0 Å². The largest absolute Gasteiger partial charge is 0.491 e. The zero-order valence-corrected chi connectivity index (χ0v) is 11.9. The normalized spacial score (nSPS) is 11.9. The molecule has 0 heterocycles. The predicted molar refractivity (Wildman–Crippen MR) is 67.6 cm³/mol. The van der Waals surface area contributed by atoms with Gasteiger partial charge in [-0.05, 0) is 63.4 Å². The van der Waals surface area contributed by atoms with E-state index in [1.54, 1.807) is 0 Å². The van der Waals surface area contributed by atoms with E-state index in [-0.39, 0.29) is 6.10 Å². The standard InChI is InChI=1S/C10H11Br2ClO/c1-7(2)14-9-5-3-8(4-6-9)10(11,12)13/h3-7H,1-2H3. The van der Waals surface area contributed by atoms with Gasteiger partial charge in [-0.3, -0.25) is 0 Å². The van der Waals surface area contributed by atoms with E-state index in [0.717, 1.165) is 11.3 Å². The van der Waals surface area contributed by atoms with Crippen LogP contribution in [0.15, 0.2) is 24.3 Å². The molecule has 14 heavy (non-hydrogen) atoms. The summed E-state index contributed by atoms with van der Waals surface area (Å²) in [5.74, 6) is 0.852. The SMILES string of the molecule is CC(C)Oc1ccc(C(Cl)(Br)Br)cc1. The van der Waals surface area contributed by atoms with Crippen LogP contribution in [0.25, 0.3) is 0 Å². The van der Waals surface area contributed by atoms with Crippen molar-refractivity contribution in [1.82, 2.24) is 0 Å². The molecular formula is C10H11Br2ClO. The highest BCUT2D eigenvalue weighted by Crippen LogP contribution is 2.42. The Morgan fingerprint density at radius 3 is 2.07 bits per heavy atom. The van der Waals surface area contributed by atoms with E-state index < -0.39 is 2.69 Å². The fraction of sp³-hybridized carbons (Fsp3) is 0.400. The molecule has 0 aliphatic rings. The third kappa shape index (κ3) is 3.79. The number of ether oxygens (including phenoxy) is 1. The summed E-state index contributed by atoms with van der Waals surface area (Å²) in [7, 11) is 0. The van der Waals surface area contributed by atoms with Crippen molar-refractivity contribution in [3.8, 4) is 5.75 Å². The second kappa shape index (κ2) is 4.86. The molecule has 0 N–H and O–H groups in total. The fourth-order valence-corrected chi connectivity index (χ4v) is 1.65. The van der Waals surface area contributed by atoms with E-state index in [0.29, 0.717) is 0 Å². The summed E-state index contributed by atoms with van der Waals surface area (Å²) in [6.45, 7) is 3.99. The molecule has 0 atom stereocenters. The van der Waals surface area contributed by atoms with E-state index >= 15 is 0 Å². The van der Waals surface area contributed by atoms with Crippen molar-refractivity contribution in [2.45, 2.75) is 22.6 Å². The molecule has 0 aliphatic heterocycles. The third-order valence-corrected chi connectivity index (χ3v) is 2.69. The van der Waals surface area contributed by atoms with E-state index in [2.05, 4.69) is 31.9 Å². The van der Waals surface area contributed by atoms with Gasteiger partial charge >= 0.3 is 0 Å². The molecule has 0 saturated heterocycles. The average Bonchev–Trinajstić information content (AvgIpc) is 2.02. The molecule has 1 rings (SSSR count). The summed E-state index contributed by atoms with van der Waals surface area (Å²) in [4.78, 5) is 0. The maximum Gasteiger partial charge on any atom is 0.178 e. The molecule has 78 valence electrons. The minimum Gasteiger partial charge on any atom is -0.491 e. The summed E-state index contributed by atoms with van der Waals surface area (Å²) in [6.07, 6.45) is 0.189. The molecule has 1 aromatic rings. The molecule has 0 aromatic heterocycles. The van der Waals surface area contributed by atoms with Gasteiger partial charge in [-0.2, -0.15) is 0 Å². The van der Waals surface area contributed by atoms with Gasteiger partial charge in [-0.1, -0.05) is 23.7 Å². The van der Waals surface area contributed by atoms with Crippen LogP contribution in [0.3, 0.4) is 0 Å². The second-order valence-corrected chi connectivity index (χ2v) is 8.11. The molecule has 0 unspecified atom stereocenters. The fourth-order valence-electron chi connectivity index (χ4n) is 0.995. The maximum absolute atomic E-state index is 6.01. The summed E-state index contributed by atoms with van der Waals surface area (Å²) in [6, 6.07) is 7.62. The van der Waals surface area contributed by atoms with Crippen molar-refractivity contribution < 1.29 is 4.74 Å². The molecule has 1 nitrogen and oxygen atoms in total. The Morgan fingerprint density at radius 2 is 1.71 bits per heavy atom. The Balaban J connectivity index is 2.79. The molecular weight excluding hydrogens is 331 g/mol. The lowest BCUT2D eigenvalue weighted by Gasteiger charge is -2.14. The van der Waals surface area contributed by atoms with Crippen molar-refractivity contribution in [3.63, 3.8) is 0 Å². The van der Waals surface area contributed by atoms with Gasteiger partial charge in [0.25, 0.3) is 0 Å². The highest BCUT2D eigenvalue weighted by Gasteiger charge is 2.20. The first-order valence-corrected chi connectivity index (χ1v) is 6.20. The lowest BCUT2D eigenvalue weighted by atomic mass is 10.2. The topological polar surface area (TPSA) is 9.23 Å². The number of rotatable bonds is 3. The third-order valence-electron chi connectivity index (χ3n) is 1.55. The quantitative estimate of drug-likeness (QED) is 0.729. The monoisotopic (exact) mass is 340 g/mol. The summed E-state index contributed by atoms with van der Waals surface area (Å²) >= 11 is 12.6. The van der Waals surface area contributed by atoms with E-state index in [9.17, 15) is 0 Å². The van der Waals surface area contributed by atoms with E-state index in [4.69, 9.17) is 16.3 Å². The summed E-state index contributed by atoms with van der Waals surface area (Å²) in [5, 5.41) is 0. The zero-order valence-electron chi connectivity index (χ0n) is 7.93. The molecule has 0 bridgehead atoms. The molecule has 0 saturated carbocycles. The first kappa shape index (κ1) is 12.3. The highest BCUT2D eigenvalue weighted by atomic mass is 79.9. The van der Waals surface area contributed by atoms with Crippen molar-refractivity contribution in [2.24, 2.45) is 0 Å². The predicted octanol–water partition coefficient (Wildman–Crippen LogP) is 4.61. The minimum atomic E-state index is -0.684. The lowest BCUT2D eigenvalue weighted by Crippen LogP contribution is -2.06.